The first-order valence-corrected chi connectivity index (χ1v) is 7.06. The van der Waals surface area contributed by atoms with E-state index in [-0.39, 0.29) is 12.4 Å². The molecule has 1 fully saturated rings. The minimum Gasteiger partial charge on any atom is -0.497 e. The van der Waals surface area contributed by atoms with E-state index in [1.807, 2.05) is 24.3 Å². The summed E-state index contributed by atoms with van der Waals surface area (Å²) in [6.45, 7) is 7.41. The fourth-order valence-corrected chi connectivity index (χ4v) is 2.51. The summed E-state index contributed by atoms with van der Waals surface area (Å²) < 4.78 is 17.1. The molecule has 2 rings (SSSR count). The molecule has 0 spiro atoms. The van der Waals surface area contributed by atoms with E-state index in [2.05, 4.69) is 20.8 Å². The number of ether oxygens (including phenoxy) is 3. The minimum absolute atomic E-state index is 0.249. The van der Waals surface area contributed by atoms with Gasteiger partial charge in [-0.1, -0.05) is 39.3 Å². The smallest absolute Gasteiger partial charge is 0.184 e. The third-order valence-corrected chi connectivity index (χ3v) is 3.94. The molecular weight excluding hydrogens is 240 g/mol. The largest absolute Gasteiger partial charge is 0.497 e. The standard InChI is InChI=1S/C16H24O3/c1-5-11(2)15-12(3)10-18-16(19-15)13-6-8-14(17-4)9-7-13/h6-9,11-12,15-16H,5,10H2,1-4H3/t11-,12-,15-,16+/m1/s1. The fraction of sp³-hybridized carbons (Fsp3) is 0.625. The third-order valence-electron chi connectivity index (χ3n) is 3.94. The topological polar surface area (TPSA) is 27.7 Å². The summed E-state index contributed by atoms with van der Waals surface area (Å²) in [6.07, 6.45) is 1.15. The van der Waals surface area contributed by atoms with E-state index in [0.29, 0.717) is 11.8 Å². The van der Waals surface area contributed by atoms with Gasteiger partial charge in [-0.15, -0.1) is 0 Å². The van der Waals surface area contributed by atoms with Gasteiger partial charge >= 0.3 is 0 Å². The molecule has 1 aromatic carbocycles. The Labute approximate surface area is 115 Å². The van der Waals surface area contributed by atoms with Crippen molar-refractivity contribution in [2.24, 2.45) is 11.8 Å². The lowest BCUT2D eigenvalue weighted by atomic mass is 9.91. The van der Waals surface area contributed by atoms with Crippen LogP contribution in [0.4, 0.5) is 0 Å². The van der Waals surface area contributed by atoms with Crippen molar-refractivity contribution in [1.82, 2.24) is 0 Å². The van der Waals surface area contributed by atoms with Crippen molar-refractivity contribution in [3.63, 3.8) is 0 Å². The predicted octanol–water partition coefficient (Wildman–Crippen LogP) is 3.79. The van der Waals surface area contributed by atoms with Crippen LogP contribution < -0.4 is 4.74 Å². The van der Waals surface area contributed by atoms with E-state index in [1.54, 1.807) is 7.11 Å². The van der Waals surface area contributed by atoms with Crippen molar-refractivity contribution in [3.05, 3.63) is 29.8 Å². The molecule has 3 nitrogen and oxygen atoms in total. The number of benzene rings is 1. The predicted molar refractivity (Wildman–Crippen MR) is 75.2 cm³/mol. The molecule has 3 heteroatoms. The van der Waals surface area contributed by atoms with Gasteiger partial charge in [0, 0.05) is 11.5 Å². The first-order valence-electron chi connectivity index (χ1n) is 7.06. The highest BCUT2D eigenvalue weighted by Gasteiger charge is 2.32. The van der Waals surface area contributed by atoms with Crippen molar-refractivity contribution < 1.29 is 14.2 Å². The van der Waals surface area contributed by atoms with Crippen LogP contribution in [0.3, 0.4) is 0 Å². The second kappa shape index (κ2) is 6.40. The van der Waals surface area contributed by atoms with E-state index < -0.39 is 0 Å². The minimum atomic E-state index is -0.249. The summed E-state index contributed by atoms with van der Waals surface area (Å²) in [5.74, 6) is 1.86. The molecule has 0 unspecified atom stereocenters. The zero-order valence-corrected chi connectivity index (χ0v) is 12.3. The Morgan fingerprint density at radius 2 is 2.00 bits per heavy atom. The molecular formula is C16H24O3. The summed E-state index contributed by atoms with van der Waals surface area (Å²) in [5, 5.41) is 0. The van der Waals surface area contributed by atoms with Gasteiger partial charge in [-0.3, -0.25) is 0 Å². The molecule has 0 amide bonds. The number of hydrogen-bond donors (Lipinski definition) is 0. The van der Waals surface area contributed by atoms with Crippen LogP contribution in [0, 0.1) is 11.8 Å². The second-order valence-corrected chi connectivity index (χ2v) is 5.40. The maximum Gasteiger partial charge on any atom is 0.184 e. The average Bonchev–Trinajstić information content (AvgIpc) is 2.47. The number of hydrogen-bond acceptors (Lipinski definition) is 3. The van der Waals surface area contributed by atoms with Gasteiger partial charge in [-0.2, -0.15) is 0 Å². The molecule has 1 heterocycles. The first-order chi connectivity index (χ1) is 9.15. The average molecular weight is 264 g/mol. The summed E-state index contributed by atoms with van der Waals surface area (Å²) in [5.41, 5.74) is 1.06. The molecule has 0 saturated carbocycles. The Hall–Kier alpha value is -1.06. The van der Waals surface area contributed by atoms with Crippen molar-refractivity contribution >= 4 is 0 Å². The quantitative estimate of drug-likeness (QED) is 0.828. The van der Waals surface area contributed by atoms with E-state index in [4.69, 9.17) is 14.2 Å². The number of methoxy groups -OCH3 is 1. The molecule has 0 aliphatic carbocycles. The van der Waals surface area contributed by atoms with Gasteiger partial charge in [-0.25, -0.2) is 0 Å². The van der Waals surface area contributed by atoms with Crippen LogP contribution in [-0.2, 0) is 9.47 Å². The van der Waals surface area contributed by atoms with E-state index >= 15 is 0 Å². The Morgan fingerprint density at radius 3 is 2.58 bits per heavy atom. The highest BCUT2D eigenvalue weighted by molar-refractivity contribution is 5.28. The Balaban J connectivity index is 2.08. The van der Waals surface area contributed by atoms with E-state index in [1.165, 1.54) is 0 Å². The van der Waals surface area contributed by atoms with E-state index in [9.17, 15) is 0 Å². The van der Waals surface area contributed by atoms with Gasteiger partial charge in [0.05, 0.1) is 19.8 Å². The van der Waals surface area contributed by atoms with E-state index in [0.717, 1.165) is 24.3 Å². The van der Waals surface area contributed by atoms with Gasteiger partial charge in [0.1, 0.15) is 5.75 Å². The normalized spacial score (nSPS) is 28.9. The van der Waals surface area contributed by atoms with Gasteiger partial charge in [-0.05, 0) is 18.1 Å². The third kappa shape index (κ3) is 3.28. The van der Waals surface area contributed by atoms with Crippen LogP contribution in [0.1, 0.15) is 39.0 Å². The molecule has 0 aromatic heterocycles. The van der Waals surface area contributed by atoms with Gasteiger partial charge in [0.25, 0.3) is 0 Å². The molecule has 1 aliphatic heterocycles. The lowest BCUT2D eigenvalue weighted by Crippen LogP contribution is -2.38. The molecule has 19 heavy (non-hydrogen) atoms. The molecule has 1 aromatic rings. The highest BCUT2D eigenvalue weighted by Crippen LogP contribution is 2.33. The van der Waals surface area contributed by atoms with Gasteiger partial charge < -0.3 is 14.2 Å². The van der Waals surface area contributed by atoms with Crippen LogP contribution in [-0.4, -0.2) is 19.8 Å². The van der Waals surface area contributed by atoms with Crippen LogP contribution in [0.15, 0.2) is 24.3 Å². The van der Waals surface area contributed by atoms with Crippen LogP contribution in [0.25, 0.3) is 0 Å². The van der Waals surface area contributed by atoms with Crippen molar-refractivity contribution in [2.45, 2.75) is 39.6 Å². The maximum absolute atomic E-state index is 6.15. The van der Waals surface area contributed by atoms with Gasteiger partial charge in [0.15, 0.2) is 6.29 Å². The first kappa shape index (κ1) is 14.4. The Bertz CT molecular complexity index is 383. The maximum atomic E-state index is 6.15. The highest BCUT2D eigenvalue weighted by atomic mass is 16.7. The monoisotopic (exact) mass is 264 g/mol. The molecule has 0 bridgehead atoms. The lowest BCUT2D eigenvalue weighted by molar-refractivity contribution is -0.249. The molecule has 0 radical (unpaired) electrons. The lowest BCUT2D eigenvalue weighted by Gasteiger charge is -2.38. The van der Waals surface area contributed by atoms with Crippen LogP contribution in [0.2, 0.25) is 0 Å². The van der Waals surface area contributed by atoms with Crippen molar-refractivity contribution in [1.29, 1.82) is 0 Å². The van der Waals surface area contributed by atoms with Crippen LogP contribution in [0.5, 0.6) is 5.75 Å². The van der Waals surface area contributed by atoms with Crippen LogP contribution >= 0.6 is 0 Å². The van der Waals surface area contributed by atoms with Gasteiger partial charge in [0.2, 0.25) is 0 Å². The molecule has 1 saturated heterocycles. The second-order valence-electron chi connectivity index (χ2n) is 5.40. The Kier molecular flexibility index (Phi) is 4.83. The van der Waals surface area contributed by atoms with Crippen molar-refractivity contribution in [2.75, 3.05) is 13.7 Å². The summed E-state index contributed by atoms with van der Waals surface area (Å²) in [6, 6.07) is 7.90. The Morgan fingerprint density at radius 1 is 1.32 bits per heavy atom. The summed E-state index contributed by atoms with van der Waals surface area (Å²) >= 11 is 0. The molecule has 1 aliphatic rings. The SMILES string of the molecule is CC[C@@H](C)[C@H]1O[C@@H](c2ccc(OC)cc2)OC[C@H]1C. The summed E-state index contributed by atoms with van der Waals surface area (Å²) in [7, 11) is 1.67. The fourth-order valence-electron chi connectivity index (χ4n) is 2.51. The number of rotatable bonds is 4. The van der Waals surface area contributed by atoms with Crippen molar-refractivity contribution in [3.8, 4) is 5.75 Å². The summed E-state index contributed by atoms with van der Waals surface area (Å²) in [4.78, 5) is 0. The zero-order valence-electron chi connectivity index (χ0n) is 12.3. The molecule has 0 N–H and O–H groups in total. The zero-order chi connectivity index (χ0) is 13.8. The molecule has 106 valence electrons. The molecule has 4 atom stereocenters.